The minimum atomic E-state index is -4.31. The number of hydrogen-bond acceptors (Lipinski definition) is 3. The third kappa shape index (κ3) is 4.62. The molecule has 0 amide bonds. The van der Waals surface area contributed by atoms with E-state index in [1.54, 1.807) is 5.32 Å². The van der Waals surface area contributed by atoms with Crippen molar-refractivity contribution in [2.75, 3.05) is 0 Å². The summed E-state index contributed by atoms with van der Waals surface area (Å²) in [5, 5.41) is 1.55. The summed E-state index contributed by atoms with van der Waals surface area (Å²) in [6.07, 6.45) is 1.40. The predicted octanol–water partition coefficient (Wildman–Crippen LogP) is 0.323. The highest BCUT2D eigenvalue weighted by Crippen LogP contribution is 2.32. The molecule has 3 N–H and O–H groups in total. The molecule has 1 radical (unpaired) electrons. The fraction of sp³-hybridized carbons (Fsp3) is 0.300. The molecule has 0 saturated carbocycles. The Morgan fingerprint density at radius 2 is 1.83 bits per heavy atom. The molecule has 0 aliphatic rings. The van der Waals surface area contributed by atoms with Crippen molar-refractivity contribution in [1.29, 1.82) is 0 Å². The van der Waals surface area contributed by atoms with Gasteiger partial charge >= 0.3 is 7.60 Å². The maximum absolute atomic E-state index is 12.0. The zero-order valence-corrected chi connectivity index (χ0v) is 9.98. The lowest BCUT2D eigenvalue weighted by atomic mass is 10.1. The molecule has 0 heterocycles. The molecule has 0 unspecified atom stereocenters. The third-order valence-electron chi connectivity index (χ3n) is 2.18. The van der Waals surface area contributed by atoms with E-state index in [2.05, 4.69) is 0 Å². The Labute approximate surface area is 102 Å². The molecule has 5 nitrogen and oxygen atoms in total. The minimum absolute atomic E-state index is 0.0325. The Hall–Kier alpha value is -1.14. The minimum Gasteiger partial charge on any atom is -0.321 e. The Morgan fingerprint density at radius 3 is 2.22 bits per heavy atom. The fourth-order valence-electron chi connectivity index (χ4n) is 1.35. The summed E-state index contributed by atoms with van der Waals surface area (Å²) >= 11 is 0. The highest BCUT2D eigenvalue weighted by molar-refractivity contribution is 7.60. The first-order valence-electron chi connectivity index (χ1n) is 4.90. The molecule has 0 bridgehead atoms. The van der Waals surface area contributed by atoms with Crippen molar-refractivity contribution in [1.82, 2.24) is 5.32 Å². The molecule has 1 rings (SSSR count). The first-order chi connectivity index (χ1) is 8.32. The van der Waals surface area contributed by atoms with Gasteiger partial charge in [-0.2, -0.15) is 8.78 Å². The van der Waals surface area contributed by atoms with Crippen LogP contribution in [0.4, 0.5) is 8.78 Å². The van der Waals surface area contributed by atoms with E-state index in [9.17, 15) is 18.1 Å². The van der Waals surface area contributed by atoms with Gasteiger partial charge in [0.15, 0.2) is 0 Å². The maximum Gasteiger partial charge on any atom is 0.356 e. The highest BCUT2D eigenvalue weighted by Gasteiger charge is 2.18. The molecular formula is C10H11F2NO4P. The van der Waals surface area contributed by atoms with Crippen LogP contribution >= 0.6 is 7.60 Å². The number of rotatable bonds is 6. The van der Waals surface area contributed by atoms with E-state index >= 15 is 0 Å². The summed E-state index contributed by atoms with van der Waals surface area (Å²) < 4.78 is 34.9. The molecule has 0 aliphatic carbocycles. The van der Waals surface area contributed by atoms with Crippen molar-refractivity contribution >= 4 is 19.2 Å². The highest BCUT2D eigenvalue weighted by atomic mass is 31.2. The Morgan fingerprint density at radius 1 is 1.28 bits per heavy atom. The standard InChI is InChI=1S/C10H11F2NO4P/c11-10(12)13-8(6-14)5-7-1-3-9(4-2-7)18(15,16)17/h1-4,8,10,13H,5H2,(H2,15,16,17)/t8-/m0/s1. The molecule has 0 aromatic heterocycles. The Bertz CT molecular complexity index is 446. The molecule has 1 aromatic rings. The molecule has 0 fully saturated rings. The van der Waals surface area contributed by atoms with E-state index in [0.29, 0.717) is 5.56 Å². The molecule has 99 valence electrons. The van der Waals surface area contributed by atoms with Gasteiger partial charge in [-0.05, 0) is 24.1 Å². The molecule has 8 heteroatoms. The van der Waals surface area contributed by atoms with Gasteiger partial charge in [-0.15, -0.1) is 0 Å². The second kappa shape index (κ2) is 6.15. The lowest BCUT2D eigenvalue weighted by molar-refractivity contribution is 0.101. The van der Waals surface area contributed by atoms with Crippen LogP contribution < -0.4 is 10.6 Å². The molecule has 1 atom stereocenters. The average molecular weight is 278 g/mol. The lowest BCUT2D eigenvalue weighted by Crippen LogP contribution is -2.36. The number of nitrogens with one attached hydrogen (secondary N) is 1. The quantitative estimate of drug-likeness (QED) is 0.515. The summed E-state index contributed by atoms with van der Waals surface area (Å²) in [4.78, 5) is 28.2. The van der Waals surface area contributed by atoms with Crippen molar-refractivity contribution in [2.24, 2.45) is 0 Å². The zero-order chi connectivity index (χ0) is 13.8. The van der Waals surface area contributed by atoms with E-state index < -0.39 is 20.2 Å². The van der Waals surface area contributed by atoms with Gasteiger partial charge in [0.1, 0.15) is 0 Å². The van der Waals surface area contributed by atoms with Gasteiger partial charge in [-0.1, -0.05) is 12.1 Å². The van der Waals surface area contributed by atoms with Gasteiger partial charge in [-0.3, -0.25) is 14.7 Å². The second-order valence-corrected chi connectivity index (χ2v) is 5.16. The molecule has 0 saturated heterocycles. The molecule has 0 spiro atoms. The Kier molecular flexibility index (Phi) is 5.10. The van der Waals surface area contributed by atoms with E-state index in [1.807, 2.05) is 0 Å². The van der Waals surface area contributed by atoms with Crippen LogP contribution in [0.2, 0.25) is 0 Å². The van der Waals surface area contributed by atoms with Crippen LogP contribution in [0, 0.1) is 0 Å². The largest absolute Gasteiger partial charge is 0.356 e. The van der Waals surface area contributed by atoms with Crippen molar-refractivity contribution in [3.05, 3.63) is 29.8 Å². The van der Waals surface area contributed by atoms with Gasteiger partial charge in [0, 0.05) is 0 Å². The van der Waals surface area contributed by atoms with Crippen molar-refractivity contribution in [3.8, 4) is 0 Å². The number of carbonyl (C=O) groups excluding carboxylic acids is 1. The van der Waals surface area contributed by atoms with E-state index in [-0.39, 0.29) is 11.7 Å². The molecule has 18 heavy (non-hydrogen) atoms. The monoisotopic (exact) mass is 278 g/mol. The van der Waals surface area contributed by atoms with Crippen LogP contribution in [0.15, 0.2) is 24.3 Å². The average Bonchev–Trinajstić information content (AvgIpc) is 2.27. The predicted molar refractivity (Wildman–Crippen MR) is 60.4 cm³/mol. The molecule has 0 aliphatic heterocycles. The maximum atomic E-state index is 12.0. The van der Waals surface area contributed by atoms with Crippen molar-refractivity contribution in [3.63, 3.8) is 0 Å². The van der Waals surface area contributed by atoms with E-state index in [4.69, 9.17) is 9.79 Å². The van der Waals surface area contributed by atoms with Crippen LogP contribution in [-0.2, 0) is 15.8 Å². The van der Waals surface area contributed by atoms with Crippen LogP contribution in [0.1, 0.15) is 5.56 Å². The van der Waals surface area contributed by atoms with Crippen molar-refractivity contribution in [2.45, 2.75) is 19.0 Å². The summed E-state index contributed by atoms with van der Waals surface area (Å²) in [6.45, 7) is -2.83. The number of alkyl halides is 2. The summed E-state index contributed by atoms with van der Waals surface area (Å²) in [5.41, 5.74) is 0.494. The summed E-state index contributed by atoms with van der Waals surface area (Å²) in [6, 6.07) is 3.96. The number of benzene rings is 1. The zero-order valence-electron chi connectivity index (χ0n) is 9.09. The number of hydrogen-bond donors (Lipinski definition) is 3. The van der Waals surface area contributed by atoms with Crippen LogP contribution in [0.5, 0.6) is 0 Å². The van der Waals surface area contributed by atoms with Crippen molar-refractivity contribution < 1.29 is 27.9 Å². The van der Waals surface area contributed by atoms with Crippen LogP contribution in [0.25, 0.3) is 0 Å². The van der Waals surface area contributed by atoms with Gasteiger partial charge in [0.25, 0.3) is 6.55 Å². The summed E-state index contributed by atoms with van der Waals surface area (Å²) in [5.74, 6) is 0. The van der Waals surface area contributed by atoms with E-state index in [1.165, 1.54) is 30.6 Å². The first kappa shape index (κ1) is 14.9. The van der Waals surface area contributed by atoms with Gasteiger partial charge in [0.2, 0.25) is 6.29 Å². The third-order valence-corrected chi connectivity index (χ3v) is 3.15. The van der Waals surface area contributed by atoms with Gasteiger partial charge < -0.3 is 9.79 Å². The normalized spacial score (nSPS) is 13.6. The summed E-state index contributed by atoms with van der Waals surface area (Å²) in [7, 11) is -4.31. The molecule has 1 aromatic carbocycles. The lowest BCUT2D eigenvalue weighted by Gasteiger charge is -2.11. The van der Waals surface area contributed by atoms with Gasteiger partial charge in [0.05, 0.1) is 11.3 Å². The molecular weight excluding hydrogens is 267 g/mol. The number of halogens is 2. The fourth-order valence-corrected chi connectivity index (χ4v) is 1.89. The smallest absolute Gasteiger partial charge is 0.321 e. The SMILES string of the molecule is O=[C][C@H](Cc1ccc(P(=O)(O)O)cc1)NC(F)F. The topological polar surface area (TPSA) is 86.6 Å². The van der Waals surface area contributed by atoms with Gasteiger partial charge in [-0.25, -0.2) is 0 Å². The van der Waals surface area contributed by atoms with E-state index in [0.717, 1.165) is 0 Å². The second-order valence-electron chi connectivity index (χ2n) is 3.55. The first-order valence-corrected chi connectivity index (χ1v) is 6.51. The Balaban J connectivity index is 2.74. The van der Waals surface area contributed by atoms with Crippen LogP contribution in [-0.4, -0.2) is 28.7 Å². The van der Waals surface area contributed by atoms with Crippen LogP contribution in [0.3, 0.4) is 0 Å².